The zero-order valence-electron chi connectivity index (χ0n) is 14.0. The number of nitrogen functional groups attached to an aromatic ring is 1. The minimum Gasteiger partial charge on any atom is -0.504 e. The minimum absolute atomic E-state index is 0.0865. The molecule has 3 rings (SSSR count). The van der Waals surface area contributed by atoms with E-state index in [0.29, 0.717) is 23.8 Å². The number of phenolic OH excluding ortho intramolecular Hbond substituents is 1. The number of rotatable bonds is 3. The predicted molar refractivity (Wildman–Crippen MR) is 93.0 cm³/mol. The molecule has 0 aliphatic heterocycles. The monoisotopic (exact) mass is 323 g/mol. The molecule has 0 saturated heterocycles. The van der Waals surface area contributed by atoms with E-state index in [1.54, 1.807) is 18.2 Å². The van der Waals surface area contributed by atoms with Crippen LogP contribution in [-0.2, 0) is 6.42 Å². The fourth-order valence-electron chi connectivity index (χ4n) is 3.42. The van der Waals surface area contributed by atoms with Crippen molar-refractivity contribution in [3.8, 4) is 28.7 Å². The SMILES string of the molecule is CCOc1cc(-c2c(C#N)c(N)nc3c2CCC[C@H]3C)ccc1O. The van der Waals surface area contributed by atoms with Crippen molar-refractivity contribution in [2.24, 2.45) is 0 Å². The number of fused-ring (bicyclic) bond motifs is 1. The van der Waals surface area contributed by atoms with Crippen LogP contribution in [0.2, 0.25) is 0 Å². The molecule has 0 saturated carbocycles. The van der Waals surface area contributed by atoms with E-state index in [4.69, 9.17) is 10.5 Å². The highest BCUT2D eigenvalue weighted by Crippen LogP contribution is 2.41. The molecule has 0 amide bonds. The van der Waals surface area contributed by atoms with Crippen molar-refractivity contribution in [2.45, 2.75) is 39.0 Å². The number of aromatic nitrogens is 1. The van der Waals surface area contributed by atoms with Crippen LogP contribution in [0.25, 0.3) is 11.1 Å². The molecule has 1 aromatic heterocycles. The molecule has 0 unspecified atom stereocenters. The van der Waals surface area contributed by atoms with E-state index in [9.17, 15) is 10.4 Å². The summed E-state index contributed by atoms with van der Waals surface area (Å²) in [7, 11) is 0. The van der Waals surface area contributed by atoms with E-state index in [1.165, 1.54) is 0 Å². The lowest BCUT2D eigenvalue weighted by molar-refractivity contribution is 0.318. The number of phenols is 1. The second-order valence-corrected chi connectivity index (χ2v) is 6.13. The second kappa shape index (κ2) is 6.40. The van der Waals surface area contributed by atoms with Gasteiger partial charge < -0.3 is 15.6 Å². The Morgan fingerprint density at radius 3 is 2.96 bits per heavy atom. The fraction of sp³-hybridized carbons (Fsp3) is 0.368. The molecule has 1 aromatic carbocycles. The molecule has 3 N–H and O–H groups in total. The summed E-state index contributed by atoms with van der Waals surface area (Å²) in [5.74, 6) is 1.09. The average molecular weight is 323 g/mol. The summed E-state index contributed by atoms with van der Waals surface area (Å²) in [4.78, 5) is 4.50. The third-order valence-corrected chi connectivity index (χ3v) is 4.55. The molecule has 0 spiro atoms. The Hall–Kier alpha value is -2.74. The number of hydrogen-bond acceptors (Lipinski definition) is 5. The Morgan fingerprint density at radius 2 is 2.25 bits per heavy atom. The van der Waals surface area contributed by atoms with Gasteiger partial charge in [-0.25, -0.2) is 4.98 Å². The summed E-state index contributed by atoms with van der Waals surface area (Å²) in [6, 6.07) is 7.37. The van der Waals surface area contributed by atoms with Crippen LogP contribution in [0, 0.1) is 11.3 Å². The molecule has 0 fully saturated rings. The maximum Gasteiger partial charge on any atom is 0.161 e. The number of benzene rings is 1. The Balaban J connectivity index is 2.27. The molecular weight excluding hydrogens is 302 g/mol. The van der Waals surface area contributed by atoms with Crippen LogP contribution >= 0.6 is 0 Å². The molecule has 1 heterocycles. The van der Waals surface area contributed by atoms with E-state index in [2.05, 4.69) is 18.0 Å². The van der Waals surface area contributed by atoms with Gasteiger partial charge in [-0.3, -0.25) is 0 Å². The number of ether oxygens (including phenoxy) is 1. The molecular formula is C19H21N3O2. The van der Waals surface area contributed by atoms with Gasteiger partial charge in [0.2, 0.25) is 0 Å². The highest BCUT2D eigenvalue weighted by molar-refractivity contribution is 5.80. The van der Waals surface area contributed by atoms with Gasteiger partial charge in [-0.15, -0.1) is 0 Å². The summed E-state index contributed by atoms with van der Waals surface area (Å²) in [6.07, 6.45) is 3.01. The fourth-order valence-corrected chi connectivity index (χ4v) is 3.42. The lowest BCUT2D eigenvalue weighted by Gasteiger charge is -2.25. The first-order valence-electron chi connectivity index (χ1n) is 8.25. The van der Waals surface area contributed by atoms with Gasteiger partial charge in [0.25, 0.3) is 0 Å². The van der Waals surface area contributed by atoms with E-state index in [0.717, 1.165) is 41.6 Å². The largest absolute Gasteiger partial charge is 0.504 e. The second-order valence-electron chi connectivity index (χ2n) is 6.13. The van der Waals surface area contributed by atoms with Crippen molar-refractivity contribution in [1.82, 2.24) is 4.98 Å². The minimum atomic E-state index is 0.0865. The summed E-state index contributed by atoms with van der Waals surface area (Å²) in [5, 5.41) is 19.6. The Bertz CT molecular complexity index is 824. The summed E-state index contributed by atoms with van der Waals surface area (Å²) < 4.78 is 5.49. The third kappa shape index (κ3) is 2.65. The first kappa shape index (κ1) is 16.1. The molecule has 0 radical (unpaired) electrons. The number of aromatic hydroxyl groups is 1. The van der Waals surface area contributed by atoms with E-state index in [-0.39, 0.29) is 11.6 Å². The van der Waals surface area contributed by atoms with Crippen LogP contribution in [-0.4, -0.2) is 16.7 Å². The normalized spacial score (nSPS) is 16.3. The number of hydrogen-bond donors (Lipinski definition) is 2. The summed E-state index contributed by atoms with van der Waals surface area (Å²) in [5.41, 5.74) is 10.2. The van der Waals surface area contributed by atoms with Gasteiger partial charge in [0, 0.05) is 11.3 Å². The maximum atomic E-state index is 9.95. The predicted octanol–water partition coefficient (Wildman–Crippen LogP) is 3.75. The molecule has 5 heteroatoms. The lowest BCUT2D eigenvalue weighted by Crippen LogP contribution is -2.14. The van der Waals surface area contributed by atoms with Crippen molar-refractivity contribution in [1.29, 1.82) is 5.26 Å². The molecule has 1 aliphatic rings. The highest BCUT2D eigenvalue weighted by Gasteiger charge is 2.26. The summed E-state index contributed by atoms with van der Waals surface area (Å²) >= 11 is 0. The first-order valence-corrected chi connectivity index (χ1v) is 8.25. The highest BCUT2D eigenvalue weighted by atomic mass is 16.5. The lowest BCUT2D eigenvalue weighted by atomic mass is 9.82. The Kier molecular flexibility index (Phi) is 4.30. The van der Waals surface area contributed by atoms with Gasteiger partial charge in [0.05, 0.1) is 6.61 Å². The number of nitrogens with two attached hydrogens (primary N) is 1. The number of pyridine rings is 1. The van der Waals surface area contributed by atoms with Gasteiger partial charge in [0.1, 0.15) is 17.5 Å². The zero-order valence-corrected chi connectivity index (χ0v) is 14.0. The molecule has 1 aliphatic carbocycles. The molecule has 24 heavy (non-hydrogen) atoms. The van der Waals surface area contributed by atoms with Crippen LogP contribution in [0.1, 0.15) is 49.4 Å². The Labute approximate surface area is 141 Å². The quantitative estimate of drug-likeness (QED) is 0.897. The van der Waals surface area contributed by atoms with Gasteiger partial charge in [-0.05, 0) is 55.4 Å². The van der Waals surface area contributed by atoms with E-state index < -0.39 is 0 Å². The van der Waals surface area contributed by atoms with Gasteiger partial charge in [-0.2, -0.15) is 5.26 Å². The van der Waals surface area contributed by atoms with Crippen molar-refractivity contribution in [3.63, 3.8) is 0 Å². The van der Waals surface area contributed by atoms with Crippen LogP contribution in [0.15, 0.2) is 18.2 Å². The zero-order chi connectivity index (χ0) is 17.3. The van der Waals surface area contributed by atoms with Gasteiger partial charge in [0.15, 0.2) is 11.5 Å². The van der Waals surface area contributed by atoms with E-state index in [1.807, 2.05) is 6.92 Å². The average Bonchev–Trinajstić information content (AvgIpc) is 2.57. The molecule has 2 aromatic rings. The van der Waals surface area contributed by atoms with Crippen LogP contribution in [0.5, 0.6) is 11.5 Å². The van der Waals surface area contributed by atoms with Crippen molar-refractivity contribution >= 4 is 5.82 Å². The van der Waals surface area contributed by atoms with E-state index >= 15 is 0 Å². The number of nitrogens with zero attached hydrogens (tertiary/aromatic N) is 2. The smallest absolute Gasteiger partial charge is 0.161 e. The standard InChI is InChI=1S/C19H21N3O2/c1-3-24-16-9-12(7-8-15(16)23)17-13-6-4-5-11(2)18(13)22-19(21)14(17)10-20/h7-9,11,23H,3-6H2,1-2H3,(H2,21,22)/t11-/m1/s1. The number of nitriles is 1. The number of anilines is 1. The van der Waals surface area contributed by atoms with Crippen molar-refractivity contribution in [3.05, 3.63) is 35.0 Å². The van der Waals surface area contributed by atoms with Crippen molar-refractivity contribution < 1.29 is 9.84 Å². The van der Waals surface area contributed by atoms with Crippen LogP contribution in [0.3, 0.4) is 0 Å². The maximum absolute atomic E-state index is 9.95. The molecule has 124 valence electrons. The third-order valence-electron chi connectivity index (χ3n) is 4.55. The van der Waals surface area contributed by atoms with Gasteiger partial charge >= 0.3 is 0 Å². The first-order chi connectivity index (χ1) is 11.6. The topological polar surface area (TPSA) is 92.2 Å². The Morgan fingerprint density at radius 1 is 1.46 bits per heavy atom. The summed E-state index contributed by atoms with van der Waals surface area (Å²) in [6.45, 7) is 4.46. The van der Waals surface area contributed by atoms with Crippen molar-refractivity contribution in [2.75, 3.05) is 12.3 Å². The van der Waals surface area contributed by atoms with Gasteiger partial charge in [-0.1, -0.05) is 13.0 Å². The molecule has 0 bridgehead atoms. The molecule has 5 nitrogen and oxygen atoms in total. The van der Waals surface area contributed by atoms with Crippen LogP contribution in [0.4, 0.5) is 5.82 Å². The van der Waals surface area contributed by atoms with Crippen LogP contribution < -0.4 is 10.5 Å². The molecule has 1 atom stereocenters.